The highest BCUT2D eigenvalue weighted by atomic mass is 32.2. The molecule has 4 heterocycles. The number of hydrogen-bond donors (Lipinski definition) is 3. The van der Waals surface area contributed by atoms with E-state index in [9.17, 15) is 23.1 Å². The number of amides is 1. The Morgan fingerprint density at radius 3 is 2.57 bits per heavy atom. The second-order valence-electron chi connectivity index (χ2n) is 11.3. The summed E-state index contributed by atoms with van der Waals surface area (Å²) >= 11 is 1.20. The minimum absolute atomic E-state index is 0.0992. The Bertz CT molecular complexity index is 1490. The Hall–Kier alpha value is -3.28. The van der Waals surface area contributed by atoms with Gasteiger partial charge in [-0.05, 0) is 40.0 Å². The number of aromatic nitrogens is 4. The lowest BCUT2D eigenvalue weighted by molar-refractivity contribution is -0.351. The fourth-order valence-electron chi connectivity index (χ4n) is 5.14. The van der Waals surface area contributed by atoms with Crippen LogP contribution in [0.5, 0.6) is 0 Å². The normalized spacial score (nSPS) is 25.8. The molecule has 0 radical (unpaired) electrons. The summed E-state index contributed by atoms with van der Waals surface area (Å²) in [6, 6.07) is 8.92. The molecule has 3 aromatic rings. The first kappa shape index (κ1) is 32.1. The molecule has 238 valence electrons. The molecule has 1 aromatic carbocycles. The van der Waals surface area contributed by atoms with Crippen molar-refractivity contribution < 1.29 is 42.0 Å². The molecule has 2 aromatic heterocycles. The highest BCUT2D eigenvalue weighted by molar-refractivity contribution is 7.98. The van der Waals surface area contributed by atoms with Crippen molar-refractivity contribution in [2.45, 2.75) is 74.5 Å². The summed E-state index contributed by atoms with van der Waals surface area (Å²) in [6.07, 6.45) is -6.30. The molecule has 0 saturated carbocycles. The fourth-order valence-corrected chi connectivity index (χ4v) is 5.53. The summed E-state index contributed by atoms with van der Waals surface area (Å²) in [6.45, 7) is 6.24. The molecule has 2 aliphatic rings. The second kappa shape index (κ2) is 12.3. The van der Waals surface area contributed by atoms with Gasteiger partial charge in [0, 0.05) is 16.7 Å². The molecule has 0 aliphatic carbocycles. The lowest BCUT2D eigenvalue weighted by Crippen LogP contribution is -2.72. The van der Waals surface area contributed by atoms with Crippen LogP contribution >= 0.6 is 11.8 Å². The van der Waals surface area contributed by atoms with Gasteiger partial charge in [-0.1, -0.05) is 30.3 Å². The van der Waals surface area contributed by atoms with Crippen LogP contribution in [-0.4, -0.2) is 74.3 Å². The van der Waals surface area contributed by atoms with Crippen LogP contribution in [0.25, 0.3) is 5.69 Å². The zero-order valence-corrected chi connectivity index (χ0v) is 25.4. The maximum absolute atomic E-state index is 14.3. The number of alkyl halides is 3. The van der Waals surface area contributed by atoms with E-state index in [2.05, 4.69) is 25.9 Å². The summed E-state index contributed by atoms with van der Waals surface area (Å²) in [5.41, 5.74) is 1.52. The van der Waals surface area contributed by atoms with Gasteiger partial charge in [0.2, 0.25) is 0 Å². The van der Waals surface area contributed by atoms with Gasteiger partial charge in [-0.15, -0.1) is 11.8 Å². The first-order valence-electron chi connectivity index (χ1n) is 13.7. The van der Waals surface area contributed by atoms with Crippen LogP contribution in [0.4, 0.5) is 18.0 Å². The number of benzene rings is 1. The largest absolute Gasteiger partial charge is 0.443 e. The van der Waals surface area contributed by atoms with E-state index in [4.69, 9.17) is 18.9 Å². The first-order chi connectivity index (χ1) is 20.7. The lowest BCUT2D eigenvalue weighted by atomic mass is 9.80. The number of fused-ring (bicyclic) bond motifs is 1. The maximum atomic E-state index is 14.3. The highest BCUT2D eigenvalue weighted by Crippen LogP contribution is 2.47. The van der Waals surface area contributed by atoms with Gasteiger partial charge in [0.25, 0.3) is 0 Å². The number of halogens is 3. The molecule has 0 spiro atoms. The molecule has 2 aliphatic heterocycles. The minimum atomic E-state index is -4.85. The quantitative estimate of drug-likeness (QED) is 0.268. The molecule has 2 saturated heterocycles. The Morgan fingerprint density at radius 2 is 1.91 bits per heavy atom. The maximum Gasteiger partial charge on any atom is 0.435 e. The van der Waals surface area contributed by atoms with Crippen LogP contribution in [0, 0.1) is 6.92 Å². The third-order valence-electron chi connectivity index (χ3n) is 6.93. The number of aliphatic hydroxyl groups is 1. The Morgan fingerprint density at radius 1 is 1.18 bits per heavy atom. The van der Waals surface area contributed by atoms with Crippen molar-refractivity contribution in [1.82, 2.24) is 30.6 Å². The van der Waals surface area contributed by atoms with Crippen molar-refractivity contribution in [2.24, 2.45) is 0 Å². The monoisotopic (exact) mass is 638 g/mol. The van der Waals surface area contributed by atoms with Crippen LogP contribution in [-0.2, 0) is 30.7 Å². The number of rotatable bonds is 6. The summed E-state index contributed by atoms with van der Waals surface area (Å²) in [5, 5.41) is 15.7. The first-order valence-corrected chi connectivity index (χ1v) is 14.9. The number of ether oxygens (including phenoxy) is 4. The third kappa shape index (κ3) is 6.41. The molecular weight excluding hydrogens is 605 g/mol. The standard InChI is InChI=1S/C28H33F3N6O6S/c1-15-33-24(37(36-15)18-11-17(44-5)12-32-21(18)28(29,30)31)27-20(14-41-23(42-27)16-9-7-6-8-10-16)40-13-19(38)22(27)34-35-25(39)43-26(2,3)4/h6-12,19-20,22-23,34,38H,13-14H2,1-5H3,(H,35,39)/t19-,20+,22+,23?,27+/m0/s1. The number of nitrogens with zero attached hydrogens (tertiary/aromatic N) is 4. The van der Waals surface area contributed by atoms with Crippen molar-refractivity contribution in [3.63, 3.8) is 0 Å². The van der Waals surface area contributed by atoms with E-state index in [-0.39, 0.29) is 24.9 Å². The van der Waals surface area contributed by atoms with E-state index in [0.29, 0.717) is 10.5 Å². The molecule has 1 unspecified atom stereocenters. The summed E-state index contributed by atoms with van der Waals surface area (Å²) in [7, 11) is 0. The number of hydrazine groups is 1. The van der Waals surface area contributed by atoms with Crippen molar-refractivity contribution >= 4 is 17.9 Å². The topological polar surface area (TPSA) is 142 Å². The molecule has 44 heavy (non-hydrogen) atoms. The summed E-state index contributed by atoms with van der Waals surface area (Å²) in [4.78, 5) is 21.4. The summed E-state index contributed by atoms with van der Waals surface area (Å²) in [5.74, 6) is -0.0157. The van der Waals surface area contributed by atoms with Crippen LogP contribution < -0.4 is 10.9 Å². The minimum Gasteiger partial charge on any atom is -0.443 e. The van der Waals surface area contributed by atoms with Gasteiger partial charge in [-0.25, -0.2) is 24.9 Å². The van der Waals surface area contributed by atoms with E-state index in [1.54, 1.807) is 57.4 Å². The van der Waals surface area contributed by atoms with Crippen molar-refractivity contribution in [2.75, 3.05) is 19.5 Å². The van der Waals surface area contributed by atoms with E-state index < -0.39 is 59.4 Å². The second-order valence-corrected chi connectivity index (χ2v) is 12.1. The Labute approximate surface area is 255 Å². The van der Waals surface area contributed by atoms with Gasteiger partial charge in [0.15, 0.2) is 23.4 Å². The fraction of sp³-hybridized carbons (Fsp3) is 0.500. The van der Waals surface area contributed by atoms with Crippen LogP contribution in [0.15, 0.2) is 47.5 Å². The van der Waals surface area contributed by atoms with Crippen molar-refractivity contribution in [3.05, 3.63) is 65.5 Å². The molecule has 5 atom stereocenters. The molecule has 1 amide bonds. The van der Waals surface area contributed by atoms with Crippen LogP contribution in [0.2, 0.25) is 0 Å². The van der Waals surface area contributed by atoms with Gasteiger partial charge in [-0.3, -0.25) is 5.43 Å². The van der Waals surface area contributed by atoms with Crippen LogP contribution in [0.1, 0.15) is 50.0 Å². The van der Waals surface area contributed by atoms with Gasteiger partial charge in [0.1, 0.15) is 17.5 Å². The molecule has 0 bridgehead atoms. The molecular formula is C28H33F3N6O6S. The molecule has 16 heteroatoms. The number of carbonyl (C=O) groups is 1. The number of aliphatic hydroxyl groups excluding tert-OH is 1. The predicted octanol–water partition coefficient (Wildman–Crippen LogP) is 3.81. The zero-order valence-electron chi connectivity index (χ0n) is 24.6. The highest BCUT2D eigenvalue weighted by Gasteiger charge is 2.62. The lowest BCUT2D eigenvalue weighted by Gasteiger charge is -2.53. The zero-order chi connectivity index (χ0) is 31.9. The van der Waals surface area contributed by atoms with E-state index in [1.807, 2.05) is 0 Å². The van der Waals surface area contributed by atoms with Crippen LogP contribution in [0.3, 0.4) is 0 Å². The van der Waals surface area contributed by atoms with E-state index >= 15 is 0 Å². The number of hydrogen-bond acceptors (Lipinski definition) is 11. The number of carbonyl (C=O) groups excluding carboxylic acids is 1. The third-order valence-corrected chi connectivity index (χ3v) is 7.63. The van der Waals surface area contributed by atoms with E-state index in [0.717, 1.165) is 10.9 Å². The number of aryl methyl sites for hydroxylation is 1. The smallest absolute Gasteiger partial charge is 0.435 e. The Balaban J connectivity index is 1.70. The average molecular weight is 639 g/mol. The molecule has 5 rings (SSSR count). The molecule has 12 nitrogen and oxygen atoms in total. The molecule has 3 N–H and O–H groups in total. The predicted molar refractivity (Wildman–Crippen MR) is 151 cm³/mol. The number of nitrogens with one attached hydrogen (secondary N) is 2. The van der Waals surface area contributed by atoms with Crippen molar-refractivity contribution in [1.29, 1.82) is 0 Å². The average Bonchev–Trinajstić information content (AvgIpc) is 3.37. The van der Waals surface area contributed by atoms with E-state index in [1.165, 1.54) is 24.8 Å². The number of pyridine rings is 1. The van der Waals surface area contributed by atoms with Gasteiger partial charge in [-0.2, -0.15) is 18.3 Å². The summed E-state index contributed by atoms with van der Waals surface area (Å²) < 4.78 is 68.0. The SMILES string of the molecule is CSc1cnc(C(F)(F)F)c(-n2nc(C)nc2[C@@]23OC(c4ccccc4)OC[C@H]2OC[C@H](O)[C@H]3NNC(=O)OC(C)(C)C)c1. The van der Waals surface area contributed by atoms with Gasteiger partial charge >= 0.3 is 12.3 Å². The molecule has 2 fully saturated rings. The number of thioether (sulfide) groups is 1. The van der Waals surface area contributed by atoms with Gasteiger partial charge in [0.05, 0.1) is 31.0 Å². The van der Waals surface area contributed by atoms with Gasteiger partial charge < -0.3 is 24.1 Å². The Kier molecular flexibility index (Phi) is 8.94. The van der Waals surface area contributed by atoms with Crippen molar-refractivity contribution in [3.8, 4) is 5.69 Å².